The summed E-state index contributed by atoms with van der Waals surface area (Å²) in [6, 6.07) is 15.0. The number of nitrogens with one attached hydrogen (secondary N) is 3. The van der Waals surface area contributed by atoms with Gasteiger partial charge in [0.05, 0.1) is 6.42 Å². The van der Waals surface area contributed by atoms with E-state index in [2.05, 4.69) is 16.0 Å². The Balaban J connectivity index is 1.80. The third kappa shape index (κ3) is 8.77. The van der Waals surface area contributed by atoms with E-state index in [0.717, 1.165) is 16.7 Å². The van der Waals surface area contributed by atoms with E-state index in [4.69, 9.17) is 4.74 Å². The van der Waals surface area contributed by atoms with Crippen LogP contribution in [0.3, 0.4) is 0 Å². The molecule has 0 radical (unpaired) electrons. The van der Waals surface area contributed by atoms with E-state index >= 15 is 0 Å². The van der Waals surface area contributed by atoms with Crippen LogP contribution in [0.5, 0.6) is 0 Å². The van der Waals surface area contributed by atoms with Gasteiger partial charge in [0.1, 0.15) is 12.1 Å². The summed E-state index contributed by atoms with van der Waals surface area (Å²) in [7, 11) is 0. The molecule has 0 saturated heterocycles. The molecule has 0 heterocycles. The van der Waals surface area contributed by atoms with Crippen molar-refractivity contribution in [1.82, 2.24) is 10.6 Å². The Labute approximate surface area is 177 Å². The lowest BCUT2D eigenvalue weighted by molar-refractivity contribution is -0.120. The number of carbonyl (C=O) groups is 3. The van der Waals surface area contributed by atoms with E-state index in [0.29, 0.717) is 18.7 Å². The van der Waals surface area contributed by atoms with Crippen molar-refractivity contribution < 1.29 is 19.1 Å². The molecule has 0 aliphatic carbocycles. The van der Waals surface area contributed by atoms with Crippen molar-refractivity contribution in [2.45, 2.75) is 46.3 Å². The zero-order valence-corrected chi connectivity index (χ0v) is 17.9. The first kappa shape index (κ1) is 22.9. The first-order valence-corrected chi connectivity index (χ1v) is 9.78. The molecule has 0 fully saturated rings. The van der Waals surface area contributed by atoms with Crippen molar-refractivity contribution in [1.29, 1.82) is 0 Å². The number of ether oxygens (including phenoxy) is 1. The first-order valence-electron chi connectivity index (χ1n) is 9.78. The Morgan fingerprint density at radius 1 is 0.900 bits per heavy atom. The topological polar surface area (TPSA) is 96.5 Å². The molecule has 2 rings (SSSR count). The van der Waals surface area contributed by atoms with Crippen LogP contribution in [0.25, 0.3) is 0 Å². The van der Waals surface area contributed by atoms with Gasteiger partial charge in [-0.15, -0.1) is 0 Å². The average molecular weight is 412 g/mol. The monoisotopic (exact) mass is 411 g/mol. The fourth-order valence-corrected chi connectivity index (χ4v) is 2.70. The summed E-state index contributed by atoms with van der Waals surface area (Å²) >= 11 is 0. The van der Waals surface area contributed by atoms with Gasteiger partial charge >= 0.3 is 6.09 Å². The summed E-state index contributed by atoms with van der Waals surface area (Å²) in [4.78, 5) is 35.8. The summed E-state index contributed by atoms with van der Waals surface area (Å²) in [5, 5.41) is 8.01. The number of rotatable bonds is 7. The third-order valence-corrected chi connectivity index (χ3v) is 3.94. The lowest BCUT2D eigenvalue weighted by Crippen LogP contribution is -2.37. The number of aryl methyl sites for hydroxylation is 1. The van der Waals surface area contributed by atoms with Gasteiger partial charge in [0.25, 0.3) is 0 Å². The van der Waals surface area contributed by atoms with Crippen LogP contribution in [-0.2, 0) is 27.3 Å². The number of hydrogen-bond donors (Lipinski definition) is 3. The quantitative estimate of drug-likeness (QED) is 0.651. The van der Waals surface area contributed by atoms with Crippen LogP contribution in [0.4, 0.5) is 10.5 Å². The Morgan fingerprint density at radius 2 is 1.60 bits per heavy atom. The molecule has 0 atom stereocenters. The summed E-state index contributed by atoms with van der Waals surface area (Å²) in [5.41, 5.74) is 2.89. The molecule has 0 aromatic heterocycles. The number of alkyl carbamates (subject to hydrolysis) is 1. The molecule has 2 aromatic rings. The van der Waals surface area contributed by atoms with E-state index in [1.807, 2.05) is 37.3 Å². The van der Waals surface area contributed by atoms with Crippen molar-refractivity contribution >= 4 is 23.6 Å². The maximum absolute atomic E-state index is 12.2. The van der Waals surface area contributed by atoms with Gasteiger partial charge in [-0.2, -0.15) is 0 Å². The minimum absolute atomic E-state index is 0.0726. The minimum Gasteiger partial charge on any atom is -0.444 e. The van der Waals surface area contributed by atoms with Gasteiger partial charge in [0.2, 0.25) is 11.8 Å². The smallest absolute Gasteiger partial charge is 0.408 e. The van der Waals surface area contributed by atoms with E-state index in [1.165, 1.54) is 0 Å². The van der Waals surface area contributed by atoms with Gasteiger partial charge < -0.3 is 20.7 Å². The molecule has 7 nitrogen and oxygen atoms in total. The molecular weight excluding hydrogens is 382 g/mol. The Bertz CT molecular complexity index is 903. The van der Waals surface area contributed by atoms with Crippen molar-refractivity contribution in [3.63, 3.8) is 0 Å². The highest BCUT2D eigenvalue weighted by Gasteiger charge is 2.16. The normalized spacial score (nSPS) is 10.8. The Hall–Kier alpha value is -3.35. The van der Waals surface area contributed by atoms with Crippen molar-refractivity contribution in [2.75, 3.05) is 11.9 Å². The van der Waals surface area contributed by atoms with Gasteiger partial charge in [-0.3, -0.25) is 9.59 Å². The Kier molecular flexibility index (Phi) is 7.98. The minimum atomic E-state index is -0.650. The maximum atomic E-state index is 12.2. The van der Waals surface area contributed by atoms with Crippen LogP contribution >= 0.6 is 0 Å². The molecule has 0 bridgehead atoms. The van der Waals surface area contributed by atoms with Crippen molar-refractivity contribution in [3.8, 4) is 0 Å². The highest BCUT2D eigenvalue weighted by atomic mass is 16.6. The van der Waals surface area contributed by atoms with Gasteiger partial charge in [0.15, 0.2) is 0 Å². The molecule has 30 heavy (non-hydrogen) atoms. The van der Waals surface area contributed by atoms with Crippen molar-refractivity contribution in [2.24, 2.45) is 0 Å². The second-order valence-corrected chi connectivity index (χ2v) is 8.05. The predicted octanol–water partition coefficient (Wildman–Crippen LogP) is 3.32. The average Bonchev–Trinajstić information content (AvgIpc) is 2.64. The molecule has 160 valence electrons. The molecule has 0 spiro atoms. The fraction of sp³-hybridized carbons (Fsp3) is 0.348. The maximum Gasteiger partial charge on any atom is 0.408 e. The zero-order chi connectivity index (χ0) is 22.1. The largest absolute Gasteiger partial charge is 0.444 e. The second kappa shape index (κ2) is 10.4. The second-order valence-electron chi connectivity index (χ2n) is 8.05. The van der Waals surface area contributed by atoms with E-state index < -0.39 is 11.7 Å². The molecule has 0 saturated carbocycles. The van der Waals surface area contributed by atoms with Crippen molar-refractivity contribution in [3.05, 3.63) is 65.2 Å². The molecule has 0 aliphatic heterocycles. The number of amides is 3. The molecular formula is C23H29N3O4. The standard InChI is InChI=1S/C23H29N3O4/c1-16-7-5-8-17(11-16)13-20(27)24-14-18-9-6-10-19(12-18)26-21(28)15-25-22(29)30-23(2,3)4/h5-12H,13-15H2,1-4H3,(H,24,27)(H,25,29)(H,26,28). The molecule has 7 heteroatoms. The van der Waals surface area contributed by atoms with Crippen LogP contribution in [0.15, 0.2) is 48.5 Å². The molecule has 3 amide bonds. The van der Waals surface area contributed by atoms with Crippen LogP contribution in [0.2, 0.25) is 0 Å². The van der Waals surface area contributed by atoms with Crippen LogP contribution in [-0.4, -0.2) is 30.1 Å². The first-order chi connectivity index (χ1) is 14.1. The molecule has 3 N–H and O–H groups in total. The van der Waals surface area contributed by atoms with E-state index in [1.54, 1.807) is 39.0 Å². The van der Waals surface area contributed by atoms with E-state index in [-0.39, 0.29) is 18.4 Å². The van der Waals surface area contributed by atoms with Crippen LogP contribution < -0.4 is 16.0 Å². The third-order valence-electron chi connectivity index (χ3n) is 3.94. The molecule has 0 aliphatic rings. The number of carbonyl (C=O) groups excluding carboxylic acids is 3. The van der Waals surface area contributed by atoms with Gasteiger partial charge in [-0.25, -0.2) is 4.79 Å². The predicted molar refractivity (Wildman–Crippen MR) is 116 cm³/mol. The van der Waals surface area contributed by atoms with Gasteiger partial charge in [-0.1, -0.05) is 42.0 Å². The molecule has 2 aromatic carbocycles. The van der Waals surface area contributed by atoms with Gasteiger partial charge in [0, 0.05) is 12.2 Å². The summed E-state index contributed by atoms with van der Waals surface area (Å²) < 4.78 is 5.09. The molecule has 0 unspecified atom stereocenters. The van der Waals surface area contributed by atoms with E-state index in [9.17, 15) is 14.4 Å². The van der Waals surface area contributed by atoms with Crippen LogP contribution in [0, 0.1) is 6.92 Å². The number of anilines is 1. The Morgan fingerprint density at radius 3 is 2.30 bits per heavy atom. The summed E-state index contributed by atoms with van der Waals surface area (Å²) in [6.45, 7) is 7.38. The van der Waals surface area contributed by atoms with Crippen LogP contribution in [0.1, 0.15) is 37.5 Å². The number of benzene rings is 2. The number of hydrogen-bond acceptors (Lipinski definition) is 4. The zero-order valence-electron chi connectivity index (χ0n) is 17.9. The highest BCUT2D eigenvalue weighted by molar-refractivity contribution is 5.93. The summed E-state index contributed by atoms with van der Waals surface area (Å²) in [6.07, 6.45) is -0.336. The lowest BCUT2D eigenvalue weighted by Gasteiger charge is -2.19. The fourth-order valence-electron chi connectivity index (χ4n) is 2.70. The highest BCUT2D eigenvalue weighted by Crippen LogP contribution is 2.11. The SMILES string of the molecule is Cc1cccc(CC(=O)NCc2cccc(NC(=O)CNC(=O)OC(C)(C)C)c2)c1. The van der Waals surface area contributed by atoms with Gasteiger partial charge in [-0.05, 0) is 51.0 Å². The lowest BCUT2D eigenvalue weighted by atomic mass is 10.1. The summed E-state index contributed by atoms with van der Waals surface area (Å²) in [5.74, 6) is -0.446.